The minimum atomic E-state index is -2.81. The molecular weight excluding hydrogens is 506 g/mol. The average Bonchev–Trinajstić information content (AvgIpc) is 3.56. The zero-order valence-corrected chi connectivity index (χ0v) is 24.2. The number of aromatic nitrogens is 1. The van der Waals surface area contributed by atoms with E-state index >= 15 is 0 Å². The first-order valence-electron chi connectivity index (χ1n) is 13.6. The van der Waals surface area contributed by atoms with E-state index in [0.29, 0.717) is 5.69 Å². The van der Waals surface area contributed by atoms with Crippen molar-refractivity contribution in [1.82, 2.24) is 4.98 Å². The molecule has 2 saturated heterocycles. The van der Waals surface area contributed by atoms with Crippen LogP contribution in [0.3, 0.4) is 0 Å². The van der Waals surface area contributed by atoms with Gasteiger partial charge in [-0.05, 0) is 46.8 Å². The fourth-order valence-corrected chi connectivity index (χ4v) is 10.9. The molecule has 0 spiro atoms. The molecule has 0 aliphatic carbocycles. The van der Waals surface area contributed by atoms with Crippen LogP contribution < -0.4 is 10.4 Å². The molecule has 0 bridgehead atoms. The summed E-state index contributed by atoms with van der Waals surface area (Å²) in [4.78, 5) is 3.34. The SMILES string of the molecule is CC1(C)O[C@H]2[C@@H](O1)C(O)(c1cc3ccccc3[nH]1)O[C@@H]2CO[Si](c1ccccc1)(c1ccccc1)C(C)(C)C. The van der Waals surface area contributed by atoms with Gasteiger partial charge < -0.3 is 28.7 Å². The number of aliphatic hydroxyl groups is 1. The Morgan fingerprint density at radius 3 is 2.03 bits per heavy atom. The third-order valence-corrected chi connectivity index (χ3v) is 13.0. The molecule has 1 aromatic heterocycles. The smallest absolute Gasteiger partial charge is 0.261 e. The second-order valence-electron chi connectivity index (χ2n) is 12.1. The van der Waals surface area contributed by atoms with E-state index in [4.69, 9.17) is 18.6 Å². The molecule has 6 nitrogen and oxygen atoms in total. The van der Waals surface area contributed by atoms with Crippen molar-refractivity contribution < 1.29 is 23.7 Å². The van der Waals surface area contributed by atoms with E-state index in [0.717, 1.165) is 10.9 Å². The number of ether oxygens (including phenoxy) is 3. The highest BCUT2D eigenvalue weighted by molar-refractivity contribution is 6.99. The number of hydrogen-bond acceptors (Lipinski definition) is 5. The maximum atomic E-state index is 12.1. The zero-order chi connectivity index (χ0) is 27.5. The molecule has 3 aromatic carbocycles. The molecule has 2 aliphatic heterocycles. The molecule has 0 radical (unpaired) electrons. The molecule has 2 fully saturated rings. The molecule has 4 atom stereocenters. The largest absolute Gasteiger partial charge is 0.405 e. The first kappa shape index (κ1) is 26.4. The summed E-state index contributed by atoms with van der Waals surface area (Å²) in [6.07, 6.45) is -1.77. The number of fused-ring (bicyclic) bond motifs is 2. The lowest BCUT2D eigenvalue weighted by Gasteiger charge is -2.43. The fourth-order valence-electron chi connectivity index (χ4n) is 6.31. The topological polar surface area (TPSA) is 72.9 Å². The van der Waals surface area contributed by atoms with Crippen molar-refractivity contribution in [2.24, 2.45) is 0 Å². The van der Waals surface area contributed by atoms with Crippen molar-refractivity contribution in [3.8, 4) is 0 Å². The van der Waals surface area contributed by atoms with Gasteiger partial charge in [0.25, 0.3) is 8.32 Å². The van der Waals surface area contributed by atoms with E-state index in [1.807, 2.05) is 56.3 Å². The first-order valence-corrected chi connectivity index (χ1v) is 15.5. The van der Waals surface area contributed by atoms with E-state index < -0.39 is 38.2 Å². The molecule has 0 saturated carbocycles. The molecule has 2 aliphatic rings. The highest BCUT2D eigenvalue weighted by Gasteiger charge is 2.64. The van der Waals surface area contributed by atoms with E-state index in [1.165, 1.54) is 10.4 Å². The quantitative estimate of drug-likeness (QED) is 0.342. The summed E-state index contributed by atoms with van der Waals surface area (Å²) in [6, 6.07) is 30.9. The molecule has 6 rings (SSSR count). The Balaban J connectivity index is 1.39. The summed E-state index contributed by atoms with van der Waals surface area (Å²) in [5.74, 6) is -2.58. The third kappa shape index (κ3) is 4.38. The van der Waals surface area contributed by atoms with Crippen LogP contribution in [0.1, 0.15) is 40.3 Å². The molecule has 4 aromatic rings. The predicted octanol–water partition coefficient (Wildman–Crippen LogP) is 4.81. The Morgan fingerprint density at radius 1 is 0.846 bits per heavy atom. The summed E-state index contributed by atoms with van der Waals surface area (Å²) in [6.45, 7) is 10.7. The van der Waals surface area contributed by atoms with E-state index in [2.05, 4.69) is 74.3 Å². The van der Waals surface area contributed by atoms with Crippen LogP contribution in [-0.4, -0.2) is 49.1 Å². The normalized spacial score (nSPS) is 26.7. The summed E-state index contributed by atoms with van der Waals surface area (Å²) in [5.41, 5.74) is 1.47. The molecule has 3 heterocycles. The monoisotopic (exact) mass is 543 g/mol. The van der Waals surface area contributed by atoms with Gasteiger partial charge in [-0.3, -0.25) is 0 Å². The molecule has 39 heavy (non-hydrogen) atoms. The number of H-pyrrole nitrogens is 1. The fraction of sp³-hybridized carbons (Fsp3) is 0.375. The molecule has 204 valence electrons. The lowest BCUT2D eigenvalue weighted by Crippen LogP contribution is -2.67. The van der Waals surface area contributed by atoms with Gasteiger partial charge in [-0.25, -0.2) is 0 Å². The second-order valence-corrected chi connectivity index (χ2v) is 16.4. The van der Waals surface area contributed by atoms with Crippen LogP contribution in [-0.2, 0) is 24.4 Å². The van der Waals surface area contributed by atoms with Gasteiger partial charge in [0.2, 0.25) is 5.79 Å². The van der Waals surface area contributed by atoms with Crippen LogP contribution in [0.5, 0.6) is 0 Å². The van der Waals surface area contributed by atoms with Crippen molar-refractivity contribution in [2.45, 2.75) is 69.5 Å². The molecule has 2 N–H and O–H groups in total. The van der Waals surface area contributed by atoms with E-state index in [1.54, 1.807) is 0 Å². The van der Waals surface area contributed by atoms with Crippen LogP contribution in [0.4, 0.5) is 0 Å². The van der Waals surface area contributed by atoms with Gasteiger partial charge >= 0.3 is 0 Å². The van der Waals surface area contributed by atoms with Gasteiger partial charge in [-0.1, -0.05) is 99.6 Å². The minimum Gasteiger partial charge on any atom is -0.405 e. The van der Waals surface area contributed by atoms with Gasteiger partial charge in [0.1, 0.15) is 18.3 Å². The standard InChI is InChI=1S/C32H37NO5Si/c1-30(2,3)39(23-15-8-6-9-16-23,24-17-10-7-11-18-24)35-21-26-28-29(38-31(4,5)37-28)32(34,36-26)27-20-22-14-12-13-19-25(22)33-27/h6-20,26,28-29,33-34H,21H2,1-5H3/t26-,28-,29-,32?/m1/s1. The van der Waals surface area contributed by atoms with Crippen molar-refractivity contribution in [3.63, 3.8) is 0 Å². The van der Waals surface area contributed by atoms with Crippen LogP contribution in [0.25, 0.3) is 10.9 Å². The predicted molar refractivity (Wildman–Crippen MR) is 154 cm³/mol. The van der Waals surface area contributed by atoms with Crippen molar-refractivity contribution >= 4 is 29.6 Å². The zero-order valence-electron chi connectivity index (χ0n) is 23.2. The van der Waals surface area contributed by atoms with Gasteiger partial charge in [0.05, 0.1) is 12.3 Å². The number of benzene rings is 3. The average molecular weight is 544 g/mol. The number of hydrogen-bond donors (Lipinski definition) is 2. The van der Waals surface area contributed by atoms with Crippen LogP contribution in [0, 0.1) is 0 Å². The number of nitrogens with one attached hydrogen (secondary N) is 1. The summed E-state index contributed by atoms with van der Waals surface area (Å²) < 4.78 is 26.3. The lowest BCUT2D eigenvalue weighted by atomic mass is 10.0. The van der Waals surface area contributed by atoms with Crippen molar-refractivity contribution in [2.75, 3.05) is 6.61 Å². The van der Waals surface area contributed by atoms with Crippen molar-refractivity contribution in [3.05, 3.63) is 96.7 Å². The second kappa shape index (κ2) is 9.40. The molecule has 1 unspecified atom stereocenters. The maximum Gasteiger partial charge on any atom is 0.261 e. The van der Waals surface area contributed by atoms with Gasteiger partial charge in [0.15, 0.2) is 5.79 Å². The summed E-state index contributed by atoms with van der Waals surface area (Å²) in [7, 11) is -2.81. The minimum absolute atomic E-state index is 0.187. The molecule has 0 amide bonds. The third-order valence-electron chi connectivity index (χ3n) is 8.01. The Bertz CT molecular complexity index is 1380. The number of aromatic amines is 1. The Kier molecular flexibility index (Phi) is 6.38. The first-order chi connectivity index (χ1) is 18.5. The summed E-state index contributed by atoms with van der Waals surface area (Å²) >= 11 is 0. The van der Waals surface area contributed by atoms with Crippen LogP contribution in [0.2, 0.25) is 5.04 Å². The van der Waals surface area contributed by atoms with Crippen LogP contribution >= 0.6 is 0 Å². The highest BCUT2D eigenvalue weighted by Crippen LogP contribution is 2.48. The lowest BCUT2D eigenvalue weighted by molar-refractivity contribution is -0.284. The van der Waals surface area contributed by atoms with E-state index in [-0.39, 0.29) is 11.6 Å². The molecular formula is C32H37NO5Si. The van der Waals surface area contributed by atoms with Crippen LogP contribution in [0.15, 0.2) is 91.0 Å². The van der Waals surface area contributed by atoms with Gasteiger partial charge in [0, 0.05) is 5.52 Å². The number of rotatable bonds is 6. The Labute approximate surface area is 231 Å². The Hall–Kier alpha value is -2.78. The van der Waals surface area contributed by atoms with Gasteiger partial charge in [-0.15, -0.1) is 0 Å². The number of para-hydroxylation sites is 1. The molecule has 7 heteroatoms. The van der Waals surface area contributed by atoms with E-state index in [9.17, 15) is 5.11 Å². The highest BCUT2D eigenvalue weighted by atomic mass is 28.4. The maximum absolute atomic E-state index is 12.1. The van der Waals surface area contributed by atoms with Gasteiger partial charge in [-0.2, -0.15) is 0 Å². The Morgan fingerprint density at radius 2 is 1.44 bits per heavy atom. The summed E-state index contributed by atoms with van der Waals surface area (Å²) in [5, 5.41) is 15.2. The van der Waals surface area contributed by atoms with Crippen molar-refractivity contribution in [1.29, 1.82) is 0 Å².